The molecule has 0 bridgehead atoms. The zero-order chi connectivity index (χ0) is 12.7. The molecule has 0 aliphatic carbocycles. The van der Waals surface area contributed by atoms with Crippen molar-refractivity contribution in [3.8, 4) is 0 Å². The summed E-state index contributed by atoms with van der Waals surface area (Å²) in [5.74, 6) is -0.856. The summed E-state index contributed by atoms with van der Waals surface area (Å²) in [5, 5.41) is 20.3. The van der Waals surface area contributed by atoms with E-state index in [0.717, 1.165) is 19.3 Å². The molecule has 1 aliphatic rings. The number of rotatable bonds is 5. The molecule has 0 aromatic carbocycles. The van der Waals surface area contributed by atoms with Gasteiger partial charge >= 0.3 is 12.0 Å². The molecule has 0 saturated carbocycles. The van der Waals surface area contributed by atoms with Crippen LogP contribution in [0.1, 0.15) is 32.1 Å². The highest BCUT2D eigenvalue weighted by Crippen LogP contribution is 2.16. The molecule has 6 heteroatoms. The smallest absolute Gasteiger partial charge is 0.317 e. The van der Waals surface area contributed by atoms with Crippen LogP contribution in [-0.4, -0.2) is 52.9 Å². The number of carbonyl (C=O) groups excluding carboxylic acids is 1. The fraction of sp³-hybridized carbons (Fsp3) is 0.818. The van der Waals surface area contributed by atoms with Crippen molar-refractivity contribution in [3.63, 3.8) is 0 Å². The number of aliphatic hydroxyl groups is 1. The van der Waals surface area contributed by atoms with Crippen LogP contribution in [0.5, 0.6) is 0 Å². The summed E-state index contributed by atoms with van der Waals surface area (Å²) in [6, 6.07) is -0.294. The van der Waals surface area contributed by atoms with Crippen molar-refractivity contribution >= 4 is 12.0 Å². The van der Waals surface area contributed by atoms with E-state index in [2.05, 4.69) is 5.32 Å². The van der Waals surface area contributed by atoms with E-state index in [4.69, 9.17) is 10.2 Å². The van der Waals surface area contributed by atoms with Gasteiger partial charge in [0.15, 0.2) is 0 Å². The molecule has 1 heterocycles. The number of hydrogen-bond acceptors (Lipinski definition) is 3. The van der Waals surface area contributed by atoms with E-state index in [-0.39, 0.29) is 25.1 Å². The second kappa shape index (κ2) is 7.11. The van der Waals surface area contributed by atoms with Crippen molar-refractivity contribution in [2.45, 2.75) is 38.1 Å². The van der Waals surface area contributed by atoms with E-state index in [1.54, 1.807) is 4.90 Å². The summed E-state index contributed by atoms with van der Waals surface area (Å²) in [7, 11) is 0. The van der Waals surface area contributed by atoms with Crippen molar-refractivity contribution in [2.24, 2.45) is 0 Å². The number of hydrogen-bond donors (Lipinski definition) is 3. The van der Waals surface area contributed by atoms with Crippen LogP contribution in [0.2, 0.25) is 0 Å². The maximum atomic E-state index is 11.8. The zero-order valence-electron chi connectivity index (χ0n) is 9.89. The number of piperidine rings is 1. The topological polar surface area (TPSA) is 89.9 Å². The average molecular weight is 244 g/mol. The van der Waals surface area contributed by atoms with Crippen LogP contribution in [0, 0.1) is 0 Å². The van der Waals surface area contributed by atoms with E-state index < -0.39 is 5.97 Å². The molecule has 1 aliphatic heterocycles. The van der Waals surface area contributed by atoms with E-state index >= 15 is 0 Å². The highest BCUT2D eigenvalue weighted by atomic mass is 16.4. The molecular formula is C11H20N2O4. The number of aliphatic carboxylic acids is 1. The van der Waals surface area contributed by atoms with Crippen molar-refractivity contribution in [1.82, 2.24) is 10.2 Å². The van der Waals surface area contributed by atoms with Gasteiger partial charge in [-0.25, -0.2) is 4.79 Å². The number of urea groups is 1. The normalized spacial score (nSPS) is 20.1. The Morgan fingerprint density at radius 3 is 2.76 bits per heavy atom. The minimum atomic E-state index is -0.856. The van der Waals surface area contributed by atoms with E-state index in [0.29, 0.717) is 19.5 Å². The first-order valence-corrected chi connectivity index (χ1v) is 6.02. The highest BCUT2D eigenvalue weighted by molar-refractivity contribution is 5.74. The summed E-state index contributed by atoms with van der Waals surface area (Å²) in [5.41, 5.74) is 0. The van der Waals surface area contributed by atoms with Gasteiger partial charge in [0, 0.05) is 19.5 Å². The number of amides is 2. The first-order valence-electron chi connectivity index (χ1n) is 6.02. The number of carboxylic acid groups (broad SMARTS) is 1. The Labute approximate surface area is 101 Å². The number of likely N-dealkylation sites (tertiary alicyclic amines) is 1. The van der Waals surface area contributed by atoms with Gasteiger partial charge < -0.3 is 20.4 Å². The zero-order valence-corrected chi connectivity index (χ0v) is 9.89. The largest absolute Gasteiger partial charge is 0.481 e. The number of carbonyl (C=O) groups is 2. The van der Waals surface area contributed by atoms with E-state index in [1.165, 1.54) is 0 Å². The molecule has 1 rings (SSSR count). The summed E-state index contributed by atoms with van der Waals surface area (Å²) < 4.78 is 0. The van der Waals surface area contributed by atoms with Gasteiger partial charge in [0.1, 0.15) is 0 Å². The van der Waals surface area contributed by atoms with Crippen LogP contribution >= 0.6 is 0 Å². The Kier molecular flexibility index (Phi) is 5.76. The van der Waals surface area contributed by atoms with Crippen LogP contribution in [0.25, 0.3) is 0 Å². The predicted molar refractivity (Wildman–Crippen MR) is 61.7 cm³/mol. The molecule has 0 radical (unpaired) electrons. The Bertz CT molecular complexity index is 270. The van der Waals surface area contributed by atoms with Crippen LogP contribution in [-0.2, 0) is 4.79 Å². The summed E-state index contributed by atoms with van der Waals surface area (Å²) in [4.78, 5) is 23.7. The molecule has 1 fully saturated rings. The highest BCUT2D eigenvalue weighted by Gasteiger charge is 2.25. The number of nitrogens with one attached hydrogen (secondary N) is 1. The van der Waals surface area contributed by atoms with Gasteiger partial charge in [-0.2, -0.15) is 0 Å². The van der Waals surface area contributed by atoms with Gasteiger partial charge in [-0.15, -0.1) is 0 Å². The average Bonchev–Trinajstić information content (AvgIpc) is 2.34. The van der Waals surface area contributed by atoms with Gasteiger partial charge in [0.2, 0.25) is 0 Å². The van der Waals surface area contributed by atoms with Crippen LogP contribution in [0.3, 0.4) is 0 Å². The lowest BCUT2D eigenvalue weighted by molar-refractivity contribution is -0.137. The molecule has 0 aromatic rings. The lowest BCUT2D eigenvalue weighted by Gasteiger charge is -2.34. The minimum Gasteiger partial charge on any atom is -0.481 e. The monoisotopic (exact) mass is 244 g/mol. The van der Waals surface area contributed by atoms with E-state index in [9.17, 15) is 9.59 Å². The second-order valence-electron chi connectivity index (χ2n) is 4.25. The molecule has 1 atom stereocenters. The van der Waals surface area contributed by atoms with Crippen molar-refractivity contribution in [1.29, 1.82) is 0 Å². The molecular weight excluding hydrogens is 224 g/mol. The SMILES string of the molecule is O=C(O)CCCNC(=O)N1CCCCC1CO. The maximum Gasteiger partial charge on any atom is 0.317 e. The molecule has 3 N–H and O–H groups in total. The Morgan fingerprint density at radius 2 is 2.12 bits per heavy atom. The molecule has 1 unspecified atom stereocenters. The molecule has 17 heavy (non-hydrogen) atoms. The van der Waals surface area contributed by atoms with Crippen LogP contribution < -0.4 is 5.32 Å². The molecule has 6 nitrogen and oxygen atoms in total. The minimum absolute atomic E-state index is 0.0114. The number of carboxylic acids is 1. The molecule has 0 aromatic heterocycles. The van der Waals surface area contributed by atoms with Crippen molar-refractivity contribution in [2.75, 3.05) is 19.7 Å². The maximum absolute atomic E-state index is 11.8. The first kappa shape index (κ1) is 13.8. The van der Waals surface area contributed by atoms with Gasteiger partial charge in [-0.3, -0.25) is 4.79 Å². The summed E-state index contributed by atoms with van der Waals surface area (Å²) in [6.45, 7) is 1.01. The molecule has 1 saturated heterocycles. The van der Waals surface area contributed by atoms with Crippen LogP contribution in [0.4, 0.5) is 4.79 Å². The van der Waals surface area contributed by atoms with Gasteiger partial charge in [0.05, 0.1) is 12.6 Å². The third-order valence-electron chi connectivity index (χ3n) is 2.94. The van der Waals surface area contributed by atoms with Crippen molar-refractivity contribution in [3.05, 3.63) is 0 Å². The second-order valence-corrected chi connectivity index (χ2v) is 4.25. The third kappa shape index (κ3) is 4.60. The Hall–Kier alpha value is -1.30. The van der Waals surface area contributed by atoms with Crippen molar-refractivity contribution < 1.29 is 19.8 Å². The van der Waals surface area contributed by atoms with Gasteiger partial charge in [-0.05, 0) is 25.7 Å². The Balaban J connectivity index is 2.27. The molecule has 2 amide bonds. The third-order valence-corrected chi connectivity index (χ3v) is 2.94. The summed E-state index contributed by atoms with van der Waals surface area (Å²) in [6.07, 6.45) is 3.31. The standard InChI is InChI=1S/C11H20N2O4/c14-8-9-4-1-2-7-13(9)11(17)12-6-3-5-10(15)16/h9,14H,1-8H2,(H,12,17)(H,15,16). The fourth-order valence-electron chi connectivity index (χ4n) is 1.99. The lowest BCUT2D eigenvalue weighted by atomic mass is 10.0. The molecule has 98 valence electrons. The molecule has 0 spiro atoms. The predicted octanol–water partition coefficient (Wildman–Crippen LogP) is 0.408. The summed E-state index contributed by atoms with van der Waals surface area (Å²) >= 11 is 0. The van der Waals surface area contributed by atoms with Gasteiger partial charge in [0.25, 0.3) is 0 Å². The lowest BCUT2D eigenvalue weighted by Crippen LogP contribution is -2.50. The van der Waals surface area contributed by atoms with E-state index in [1.807, 2.05) is 0 Å². The number of nitrogens with zero attached hydrogens (tertiary/aromatic N) is 1. The van der Waals surface area contributed by atoms with Crippen LogP contribution in [0.15, 0.2) is 0 Å². The number of aliphatic hydroxyl groups excluding tert-OH is 1. The quantitative estimate of drug-likeness (QED) is 0.611. The first-order chi connectivity index (χ1) is 8.15. The van der Waals surface area contributed by atoms with Gasteiger partial charge in [-0.1, -0.05) is 0 Å². The fourth-order valence-corrected chi connectivity index (χ4v) is 1.99. The Morgan fingerprint density at radius 1 is 1.35 bits per heavy atom.